The van der Waals surface area contributed by atoms with E-state index in [1.165, 1.54) is 23.5 Å². The number of hydrogen-bond donors (Lipinski definition) is 2. The number of anilines is 1. The third-order valence-corrected chi connectivity index (χ3v) is 8.51. The van der Waals surface area contributed by atoms with Crippen molar-refractivity contribution >= 4 is 35.0 Å². The highest BCUT2D eigenvalue weighted by molar-refractivity contribution is 7.07. The van der Waals surface area contributed by atoms with Crippen molar-refractivity contribution in [3.63, 3.8) is 0 Å². The lowest BCUT2D eigenvalue weighted by molar-refractivity contribution is -0.113. The molecule has 0 radical (unpaired) electrons. The molecule has 1 aliphatic rings. The third-order valence-electron chi connectivity index (χ3n) is 7.53. The van der Waals surface area contributed by atoms with Gasteiger partial charge in [-0.25, -0.2) is 9.79 Å². The molecule has 0 saturated carbocycles. The molecule has 10 heteroatoms. The number of fused-ring (bicyclic) bond motifs is 1. The largest absolute Gasteiger partial charge is 0.497 e. The van der Waals surface area contributed by atoms with Crippen LogP contribution < -0.4 is 29.7 Å². The molecule has 1 aromatic heterocycles. The monoisotopic (exact) mass is 631 g/mol. The van der Waals surface area contributed by atoms with E-state index < -0.39 is 12.0 Å². The van der Waals surface area contributed by atoms with Crippen LogP contribution in [0.2, 0.25) is 0 Å². The van der Waals surface area contributed by atoms with Crippen LogP contribution in [0.5, 0.6) is 11.5 Å². The normalized spacial score (nSPS) is 14.3. The van der Waals surface area contributed by atoms with Crippen molar-refractivity contribution in [3.8, 4) is 11.5 Å². The topological polar surface area (TPSA) is 119 Å². The number of methoxy groups -OCH3 is 1. The molecule has 1 atom stereocenters. The first kappa shape index (κ1) is 30.3. The maximum absolute atomic E-state index is 14.1. The summed E-state index contributed by atoms with van der Waals surface area (Å²) in [4.78, 5) is 44.3. The number of nitrogens with zero attached hydrogens (tertiary/aromatic N) is 2. The Hall–Kier alpha value is -5.74. The van der Waals surface area contributed by atoms with Gasteiger partial charge in [-0.1, -0.05) is 72.0 Å². The number of carbonyl (C=O) groups excluding carboxylic acids is 1. The number of thiazole rings is 1. The van der Waals surface area contributed by atoms with Gasteiger partial charge in [0.25, 0.3) is 11.5 Å². The fourth-order valence-electron chi connectivity index (χ4n) is 5.21. The highest BCUT2D eigenvalue weighted by Gasteiger charge is 2.32. The maximum atomic E-state index is 14.1. The van der Waals surface area contributed by atoms with Crippen LogP contribution in [-0.4, -0.2) is 28.7 Å². The van der Waals surface area contributed by atoms with Gasteiger partial charge in [-0.2, -0.15) is 0 Å². The molecule has 5 aromatic rings. The van der Waals surface area contributed by atoms with E-state index in [9.17, 15) is 14.4 Å². The number of carboxylic acid groups (broad SMARTS) is 1. The first-order valence-corrected chi connectivity index (χ1v) is 15.2. The number of para-hydroxylation sites is 2. The summed E-state index contributed by atoms with van der Waals surface area (Å²) in [7, 11) is 1.58. The van der Waals surface area contributed by atoms with Gasteiger partial charge >= 0.3 is 5.97 Å². The van der Waals surface area contributed by atoms with Crippen LogP contribution in [0.25, 0.3) is 6.08 Å². The zero-order chi connectivity index (χ0) is 32.2. The quantitative estimate of drug-likeness (QED) is 0.232. The first-order valence-electron chi connectivity index (χ1n) is 14.4. The van der Waals surface area contributed by atoms with Crippen LogP contribution in [0, 0.1) is 0 Å². The smallest absolute Gasteiger partial charge is 0.335 e. The third kappa shape index (κ3) is 6.24. The summed E-state index contributed by atoms with van der Waals surface area (Å²) in [5.41, 5.74) is 3.64. The Balaban J connectivity index is 1.39. The molecule has 0 spiro atoms. The fourth-order valence-corrected chi connectivity index (χ4v) is 6.25. The number of rotatable bonds is 9. The van der Waals surface area contributed by atoms with Crippen molar-refractivity contribution in [1.82, 2.24) is 4.57 Å². The number of amides is 1. The lowest BCUT2D eigenvalue weighted by Gasteiger charge is -2.25. The fraction of sp³-hybridized carbons (Fsp3) is 0.111. The Labute approximate surface area is 268 Å². The van der Waals surface area contributed by atoms with E-state index in [-0.39, 0.29) is 23.6 Å². The second-order valence-electron chi connectivity index (χ2n) is 10.5. The van der Waals surface area contributed by atoms with Crippen LogP contribution in [0.1, 0.15) is 40.0 Å². The van der Waals surface area contributed by atoms with E-state index in [1.54, 1.807) is 61.1 Å². The molecule has 46 heavy (non-hydrogen) atoms. The van der Waals surface area contributed by atoms with Crippen molar-refractivity contribution in [3.05, 3.63) is 156 Å². The van der Waals surface area contributed by atoms with Gasteiger partial charge in [0.05, 0.1) is 34.5 Å². The molecular weight excluding hydrogens is 602 g/mol. The number of allylic oxidation sites excluding steroid dienone is 1. The average Bonchev–Trinajstić information content (AvgIpc) is 3.37. The van der Waals surface area contributed by atoms with Crippen LogP contribution in [0.3, 0.4) is 0 Å². The second kappa shape index (κ2) is 13.1. The zero-order valence-corrected chi connectivity index (χ0v) is 25.8. The lowest BCUT2D eigenvalue weighted by Crippen LogP contribution is -2.40. The Morgan fingerprint density at radius 3 is 2.35 bits per heavy atom. The summed E-state index contributed by atoms with van der Waals surface area (Å²) in [6.45, 7) is 1.99. The van der Waals surface area contributed by atoms with Gasteiger partial charge in [-0.3, -0.25) is 14.2 Å². The highest BCUT2D eigenvalue weighted by Crippen LogP contribution is 2.32. The van der Waals surface area contributed by atoms with Gasteiger partial charge in [-0.05, 0) is 66.6 Å². The number of aromatic nitrogens is 1. The summed E-state index contributed by atoms with van der Waals surface area (Å²) >= 11 is 1.24. The van der Waals surface area contributed by atoms with Gasteiger partial charge in [0.1, 0.15) is 18.1 Å². The number of ether oxygens (including phenoxy) is 2. The molecule has 6 rings (SSSR count). The molecule has 0 fully saturated rings. The SMILES string of the molecule is COc1ccc([C@@H]2C(C(=O)Nc3ccccc3)=C(C)N=c3s/c(=C/c4ccccc4OCc4ccc(C(=O)O)cc4)c(=O)n32)cc1. The standard InChI is InChI=1S/C36H29N3O6S/c1-22-31(33(40)38-27-9-4-3-5-10-27)32(24-16-18-28(44-2)19-17-24)39-34(41)30(46-36(39)37-22)20-26-8-6-7-11-29(26)45-21-23-12-14-25(15-13-23)35(42)43/h3-20,32H,21H2,1-2H3,(H,38,40)(H,42,43)/b30-20+/t32-/m1/s1. The van der Waals surface area contributed by atoms with E-state index >= 15 is 0 Å². The Kier molecular flexibility index (Phi) is 8.62. The highest BCUT2D eigenvalue weighted by atomic mass is 32.1. The van der Waals surface area contributed by atoms with E-state index in [1.807, 2.05) is 54.6 Å². The number of carboxylic acids is 1. The van der Waals surface area contributed by atoms with Crippen LogP contribution in [0.15, 0.2) is 124 Å². The van der Waals surface area contributed by atoms with Gasteiger partial charge in [0.15, 0.2) is 4.80 Å². The number of benzene rings is 4. The van der Waals surface area contributed by atoms with Crippen molar-refractivity contribution in [2.75, 3.05) is 12.4 Å². The van der Waals surface area contributed by atoms with E-state index in [0.29, 0.717) is 43.4 Å². The van der Waals surface area contributed by atoms with Gasteiger partial charge in [0, 0.05) is 11.3 Å². The van der Waals surface area contributed by atoms with E-state index in [4.69, 9.17) is 19.6 Å². The minimum Gasteiger partial charge on any atom is -0.497 e. The first-order chi connectivity index (χ1) is 22.3. The summed E-state index contributed by atoms with van der Waals surface area (Å²) in [6, 6.07) is 29.5. The molecule has 230 valence electrons. The maximum Gasteiger partial charge on any atom is 0.335 e. The van der Waals surface area contributed by atoms with Gasteiger partial charge < -0.3 is 19.9 Å². The molecule has 2 N–H and O–H groups in total. The number of hydrogen-bond acceptors (Lipinski definition) is 7. The molecule has 1 amide bonds. The lowest BCUT2D eigenvalue weighted by atomic mass is 9.95. The van der Waals surface area contributed by atoms with Crippen molar-refractivity contribution in [2.24, 2.45) is 4.99 Å². The molecule has 0 unspecified atom stereocenters. The van der Waals surface area contributed by atoms with Gasteiger partial charge in [0.2, 0.25) is 0 Å². The Morgan fingerprint density at radius 1 is 0.957 bits per heavy atom. The molecule has 9 nitrogen and oxygen atoms in total. The predicted octanol–water partition coefficient (Wildman–Crippen LogP) is 5.16. The number of nitrogens with one attached hydrogen (secondary N) is 1. The van der Waals surface area contributed by atoms with Gasteiger partial charge in [-0.15, -0.1) is 0 Å². The summed E-state index contributed by atoms with van der Waals surface area (Å²) in [6.07, 6.45) is 1.76. The number of carbonyl (C=O) groups is 2. The van der Waals surface area contributed by atoms with Crippen molar-refractivity contribution in [2.45, 2.75) is 19.6 Å². The van der Waals surface area contributed by atoms with Crippen molar-refractivity contribution < 1.29 is 24.2 Å². The molecule has 4 aromatic carbocycles. The minimum atomic E-state index is -0.993. The summed E-state index contributed by atoms with van der Waals surface area (Å²) < 4.78 is 13.4. The summed E-state index contributed by atoms with van der Waals surface area (Å²) in [5.74, 6) is -0.131. The summed E-state index contributed by atoms with van der Waals surface area (Å²) in [5, 5.41) is 12.1. The zero-order valence-electron chi connectivity index (χ0n) is 25.0. The molecule has 0 saturated heterocycles. The Bertz CT molecular complexity index is 2130. The second-order valence-corrected chi connectivity index (χ2v) is 11.5. The minimum absolute atomic E-state index is 0.198. The Morgan fingerprint density at radius 2 is 1.65 bits per heavy atom. The van der Waals surface area contributed by atoms with E-state index in [0.717, 1.165) is 11.1 Å². The van der Waals surface area contributed by atoms with Crippen LogP contribution >= 0.6 is 11.3 Å². The van der Waals surface area contributed by atoms with Crippen LogP contribution in [-0.2, 0) is 11.4 Å². The average molecular weight is 632 g/mol. The van der Waals surface area contributed by atoms with E-state index in [2.05, 4.69) is 5.32 Å². The molecule has 2 heterocycles. The molecule has 0 aliphatic carbocycles. The van der Waals surface area contributed by atoms with Crippen molar-refractivity contribution in [1.29, 1.82) is 0 Å². The molecular formula is C36H29N3O6S. The molecule has 0 bridgehead atoms. The molecule has 1 aliphatic heterocycles. The predicted molar refractivity (Wildman–Crippen MR) is 176 cm³/mol. The van der Waals surface area contributed by atoms with Crippen LogP contribution in [0.4, 0.5) is 5.69 Å². The number of aromatic carboxylic acids is 1.